The van der Waals surface area contributed by atoms with E-state index in [1.54, 1.807) is 24.5 Å². The molecule has 33 heavy (non-hydrogen) atoms. The Morgan fingerprint density at radius 3 is 1.27 bits per heavy atom. The summed E-state index contributed by atoms with van der Waals surface area (Å²) < 4.78 is 37.5. The van der Waals surface area contributed by atoms with E-state index in [1.165, 1.54) is 0 Å². The van der Waals surface area contributed by atoms with Gasteiger partial charge in [0.1, 0.15) is 0 Å². The Balaban J connectivity index is -0.0000000678. The van der Waals surface area contributed by atoms with Crippen LogP contribution in [0.4, 0.5) is 5.69 Å². The molecule has 1 aromatic carbocycles. The zero-order chi connectivity index (χ0) is 25.3. The van der Waals surface area contributed by atoms with Gasteiger partial charge < -0.3 is 25.3 Å². The molecule has 0 saturated heterocycles. The van der Waals surface area contributed by atoms with Crippen molar-refractivity contribution < 1.29 is 57.4 Å². The summed E-state index contributed by atoms with van der Waals surface area (Å²) in [5.74, 6) is 7.71. The van der Waals surface area contributed by atoms with E-state index in [0.717, 1.165) is 29.1 Å². The number of pyridine rings is 1. The molecule has 2 rings (SSSR count). The van der Waals surface area contributed by atoms with Crippen molar-refractivity contribution in [3.63, 3.8) is 0 Å². The number of rotatable bonds is 2. The van der Waals surface area contributed by atoms with Gasteiger partial charge in [0, 0.05) is 57.7 Å². The maximum atomic E-state index is 7.50. The van der Waals surface area contributed by atoms with Crippen molar-refractivity contribution in [2.45, 2.75) is 6.42 Å². The van der Waals surface area contributed by atoms with Gasteiger partial charge in [0.15, 0.2) is 5.69 Å². The molecule has 0 bridgehead atoms. The molecule has 11 heteroatoms. The second-order valence-corrected chi connectivity index (χ2v) is 4.72. The average Bonchev–Trinajstić information content (AvgIpc) is 2.90. The first-order valence-corrected chi connectivity index (χ1v) is 8.53. The van der Waals surface area contributed by atoms with Gasteiger partial charge in [-0.25, -0.2) is 4.85 Å². The molecule has 0 saturated carbocycles. The maximum Gasteiger partial charge on any atom is 0 e. The van der Waals surface area contributed by atoms with Crippen LogP contribution in [0.2, 0.25) is 0 Å². The zero-order valence-electron chi connectivity index (χ0n) is 16.7. The SMILES string of the molecule is [C-]#[N+]c1ccc(C#Cc2ccncc2)cc1.[C-]#[O+].[C-]#[O+].[C-]#[O+].[C-]#[O+].[C-]#[O+].[Fe].[Fe].[S-]CCC[S-]. The molecule has 7 nitrogen and oxygen atoms in total. The van der Waals surface area contributed by atoms with Gasteiger partial charge in [-0.05, 0) is 12.1 Å². The van der Waals surface area contributed by atoms with Crippen LogP contribution in [0.1, 0.15) is 17.5 Å². The molecule has 1 aromatic heterocycles. The summed E-state index contributed by atoms with van der Waals surface area (Å²) in [5, 5.41) is 0. The van der Waals surface area contributed by atoms with Crippen molar-refractivity contribution in [1.29, 1.82) is 0 Å². The molecular formula is C22H14Fe2N2O5S2-2. The fourth-order valence-corrected chi connectivity index (χ4v) is 1.73. The van der Waals surface area contributed by atoms with Crippen LogP contribution in [0.3, 0.4) is 0 Å². The summed E-state index contributed by atoms with van der Waals surface area (Å²) in [7, 11) is 0. The van der Waals surface area contributed by atoms with E-state index in [0.29, 0.717) is 5.69 Å². The van der Waals surface area contributed by atoms with Crippen LogP contribution in [-0.2, 0) is 82.7 Å². The first-order valence-electron chi connectivity index (χ1n) is 7.38. The van der Waals surface area contributed by atoms with Crippen LogP contribution >= 0.6 is 0 Å². The zero-order valence-corrected chi connectivity index (χ0v) is 20.5. The molecule has 0 radical (unpaired) electrons. The molecule has 0 aliphatic heterocycles. The minimum Gasteiger partial charge on any atom is -0.793 e. The van der Waals surface area contributed by atoms with Crippen LogP contribution in [-0.4, -0.2) is 16.5 Å². The van der Waals surface area contributed by atoms with Crippen LogP contribution in [0, 0.1) is 51.7 Å². The van der Waals surface area contributed by atoms with Gasteiger partial charge in [0.05, 0.1) is 6.57 Å². The number of hydrogen-bond acceptors (Lipinski definition) is 3. The van der Waals surface area contributed by atoms with Gasteiger partial charge in [-0.2, -0.15) is 11.5 Å². The third kappa shape index (κ3) is 37.5. The Morgan fingerprint density at radius 1 is 0.667 bits per heavy atom. The van der Waals surface area contributed by atoms with Gasteiger partial charge in [-0.1, -0.05) is 42.5 Å². The Bertz CT molecular complexity index is 816. The average molecular weight is 562 g/mol. The number of hydrogen-bond donors (Lipinski definition) is 0. The van der Waals surface area contributed by atoms with E-state index < -0.39 is 0 Å². The standard InChI is InChI=1S/C14H8N2.C3H8S2.5CO.2Fe/c1-15-14-6-4-12(5-7-14)2-3-13-8-10-16-11-9-13;4-2-1-3-5;5*1-2;;/h4-11H;4-5H,1-3H2;;;;;;;/p-2. The van der Waals surface area contributed by atoms with Crippen LogP contribution in [0.25, 0.3) is 4.85 Å². The third-order valence-electron chi connectivity index (χ3n) is 2.32. The van der Waals surface area contributed by atoms with Crippen molar-refractivity contribution in [2.75, 3.05) is 11.5 Å². The molecular weight excluding hydrogens is 548 g/mol. The predicted molar refractivity (Wildman–Crippen MR) is 112 cm³/mol. The summed E-state index contributed by atoms with van der Waals surface area (Å²) >= 11 is 9.17. The molecule has 0 spiro atoms. The fraction of sp³-hybridized carbons (Fsp3) is 0.136. The number of benzene rings is 1. The van der Waals surface area contributed by atoms with Crippen LogP contribution in [0.5, 0.6) is 0 Å². The fourth-order valence-electron chi connectivity index (χ4n) is 1.26. The summed E-state index contributed by atoms with van der Waals surface area (Å²) in [5.41, 5.74) is 2.47. The molecule has 0 aliphatic rings. The second kappa shape index (κ2) is 52.0. The molecule has 1 heterocycles. The monoisotopic (exact) mass is 562 g/mol. The maximum absolute atomic E-state index is 7.50. The van der Waals surface area contributed by atoms with Gasteiger partial charge >= 0.3 is 56.5 Å². The normalized spacial score (nSPS) is 5.79. The van der Waals surface area contributed by atoms with Crippen LogP contribution < -0.4 is 0 Å². The van der Waals surface area contributed by atoms with Crippen LogP contribution in [0.15, 0.2) is 48.8 Å². The van der Waals surface area contributed by atoms with Crippen molar-refractivity contribution in [3.05, 3.63) is 105 Å². The van der Waals surface area contributed by atoms with Crippen molar-refractivity contribution in [3.8, 4) is 11.8 Å². The summed E-state index contributed by atoms with van der Waals surface area (Å²) in [6.07, 6.45) is 4.45. The van der Waals surface area contributed by atoms with Crippen molar-refractivity contribution in [2.24, 2.45) is 0 Å². The summed E-state index contributed by atoms with van der Waals surface area (Å²) in [6, 6.07) is 11.0. The molecule has 172 valence electrons. The number of nitrogens with zero attached hydrogens (tertiary/aromatic N) is 2. The van der Waals surface area contributed by atoms with E-state index >= 15 is 0 Å². The van der Waals surface area contributed by atoms with E-state index in [9.17, 15) is 0 Å². The van der Waals surface area contributed by atoms with E-state index in [4.69, 9.17) is 29.8 Å². The Hall–Kier alpha value is -2.14. The van der Waals surface area contributed by atoms with Gasteiger partial charge in [0.25, 0.3) is 0 Å². The second-order valence-electron chi connectivity index (χ2n) is 3.91. The first-order chi connectivity index (χ1) is 15.3. The minimum absolute atomic E-state index is 0. The van der Waals surface area contributed by atoms with Crippen molar-refractivity contribution >= 4 is 30.9 Å². The molecule has 0 amide bonds. The predicted octanol–water partition coefficient (Wildman–Crippen LogP) is 3.31. The molecule has 0 aliphatic carbocycles. The topological polar surface area (TPSA) is 117 Å². The molecule has 0 N–H and O–H groups in total. The van der Waals surface area contributed by atoms with E-state index in [2.05, 4.69) is 80.2 Å². The van der Waals surface area contributed by atoms with Gasteiger partial charge in [-0.15, -0.1) is 0 Å². The third-order valence-corrected chi connectivity index (χ3v) is 2.89. The number of aromatic nitrogens is 1. The molecule has 0 fully saturated rings. The summed E-state index contributed by atoms with van der Waals surface area (Å²) in [6.45, 7) is 29.3. The largest absolute Gasteiger partial charge is 0.793 e. The van der Waals surface area contributed by atoms with Crippen molar-refractivity contribution in [1.82, 2.24) is 4.98 Å². The minimum atomic E-state index is 0. The van der Waals surface area contributed by atoms with E-state index in [1.807, 2.05) is 24.3 Å². The Morgan fingerprint density at radius 2 is 1.00 bits per heavy atom. The smallest absolute Gasteiger partial charge is 0 e. The Kier molecular flexibility index (Phi) is 76.2. The molecule has 2 aromatic rings. The Labute approximate surface area is 226 Å². The van der Waals surface area contributed by atoms with Gasteiger partial charge in [-0.3, -0.25) is 4.98 Å². The molecule has 0 atom stereocenters. The van der Waals surface area contributed by atoms with E-state index in [-0.39, 0.29) is 34.1 Å². The first kappa shape index (κ1) is 48.3. The summed E-state index contributed by atoms with van der Waals surface area (Å²) in [4.78, 5) is 7.25. The van der Waals surface area contributed by atoms with Gasteiger partial charge in [0.2, 0.25) is 0 Å². The molecule has 0 unspecified atom stereocenters. The quantitative estimate of drug-likeness (QED) is 0.184.